The van der Waals surface area contributed by atoms with Gasteiger partial charge in [0.2, 0.25) is 0 Å². The van der Waals surface area contributed by atoms with Crippen LogP contribution in [0.5, 0.6) is 5.75 Å². The van der Waals surface area contributed by atoms with Gasteiger partial charge in [0.05, 0.1) is 10.9 Å². The van der Waals surface area contributed by atoms with Gasteiger partial charge in [-0.05, 0) is 6.07 Å². The number of alkyl halides is 1. The summed E-state index contributed by atoms with van der Waals surface area (Å²) in [5.74, 6) is 0.792. The fourth-order valence-electron chi connectivity index (χ4n) is 1.31. The molecule has 1 aliphatic heterocycles. The van der Waals surface area contributed by atoms with Gasteiger partial charge in [-0.2, -0.15) is 0 Å². The van der Waals surface area contributed by atoms with Crippen molar-refractivity contribution in [1.29, 1.82) is 0 Å². The second kappa shape index (κ2) is 3.07. The number of benzene rings is 1. The Bertz CT molecular complexity index is 288. The molecule has 3 heteroatoms. The van der Waals surface area contributed by atoms with Crippen molar-refractivity contribution in [3.63, 3.8) is 0 Å². The molecule has 0 spiro atoms. The van der Waals surface area contributed by atoms with E-state index in [0.29, 0.717) is 6.61 Å². The van der Waals surface area contributed by atoms with Gasteiger partial charge in [0.15, 0.2) is 0 Å². The highest BCUT2D eigenvalue weighted by Crippen LogP contribution is 2.34. The lowest BCUT2D eigenvalue weighted by Crippen LogP contribution is -2.25. The summed E-state index contributed by atoms with van der Waals surface area (Å²) in [6.45, 7) is 0.526. The maximum atomic E-state index is 9.70. The molecular weight excluding hydrogens is 220 g/mol. The van der Waals surface area contributed by atoms with E-state index in [2.05, 4.69) is 15.9 Å². The third-order valence-corrected chi connectivity index (χ3v) is 2.74. The van der Waals surface area contributed by atoms with Gasteiger partial charge in [0.25, 0.3) is 0 Å². The number of hydrogen-bond donors (Lipinski definition) is 1. The van der Waals surface area contributed by atoms with Crippen molar-refractivity contribution in [2.24, 2.45) is 0 Å². The van der Waals surface area contributed by atoms with Crippen LogP contribution in [0.15, 0.2) is 24.3 Å². The predicted octanol–water partition coefficient (Wildman–Crippen LogP) is 1.88. The summed E-state index contributed by atoms with van der Waals surface area (Å²) in [7, 11) is 0. The third-order valence-electron chi connectivity index (χ3n) is 1.98. The number of ether oxygens (including phenoxy) is 1. The zero-order valence-corrected chi connectivity index (χ0v) is 7.99. The van der Waals surface area contributed by atoms with Crippen molar-refractivity contribution < 1.29 is 9.84 Å². The van der Waals surface area contributed by atoms with Crippen LogP contribution in [0.3, 0.4) is 0 Å². The van der Waals surface area contributed by atoms with Crippen LogP contribution < -0.4 is 4.74 Å². The Morgan fingerprint density at radius 1 is 1.42 bits per heavy atom. The highest BCUT2D eigenvalue weighted by molar-refractivity contribution is 9.09. The van der Waals surface area contributed by atoms with Crippen LogP contribution in [-0.2, 0) is 0 Å². The van der Waals surface area contributed by atoms with E-state index < -0.39 is 6.10 Å². The summed E-state index contributed by atoms with van der Waals surface area (Å²) in [5, 5.41) is 9.70. The molecule has 1 aromatic rings. The first-order valence-corrected chi connectivity index (χ1v) is 4.74. The molecule has 0 bridgehead atoms. The first kappa shape index (κ1) is 8.08. The largest absolute Gasteiger partial charge is 0.492 e. The quantitative estimate of drug-likeness (QED) is 0.688. The van der Waals surface area contributed by atoms with Gasteiger partial charge in [-0.3, -0.25) is 0 Å². The highest BCUT2D eigenvalue weighted by atomic mass is 79.9. The predicted molar refractivity (Wildman–Crippen MR) is 49.6 cm³/mol. The fraction of sp³-hybridized carbons (Fsp3) is 0.333. The summed E-state index contributed by atoms with van der Waals surface area (Å²) in [6.07, 6.45) is -0.449. The van der Waals surface area contributed by atoms with Crippen LogP contribution in [-0.4, -0.2) is 16.5 Å². The molecule has 0 aliphatic carbocycles. The Balaban J connectivity index is 2.42. The number of fused-ring (bicyclic) bond motifs is 1. The van der Waals surface area contributed by atoms with Gasteiger partial charge in [0, 0.05) is 5.56 Å². The minimum absolute atomic E-state index is 0.00685. The molecule has 12 heavy (non-hydrogen) atoms. The van der Waals surface area contributed by atoms with Crippen molar-refractivity contribution >= 4 is 15.9 Å². The molecule has 1 aromatic carbocycles. The second-order valence-electron chi connectivity index (χ2n) is 2.81. The summed E-state index contributed by atoms with van der Waals surface area (Å²) >= 11 is 3.35. The van der Waals surface area contributed by atoms with Gasteiger partial charge >= 0.3 is 0 Å². The number of hydrogen-bond acceptors (Lipinski definition) is 2. The molecule has 1 aliphatic rings. The smallest absolute Gasteiger partial charge is 0.125 e. The molecule has 0 saturated carbocycles. The number of rotatable bonds is 0. The normalized spacial score (nSPS) is 27.5. The minimum Gasteiger partial charge on any atom is -0.492 e. The van der Waals surface area contributed by atoms with E-state index in [9.17, 15) is 5.11 Å². The van der Waals surface area contributed by atoms with Crippen LogP contribution in [0.4, 0.5) is 0 Å². The Morgan fingerprint density at radius 2 is 2.17 bits per heavy atom. The average molecular weight is 229 g/mol. The minimum atomic E-state index is -0.449. The lowest BCUT2D eigenvalue weighted by atomic mass is 10.0. The maximum Gasteiger partial charge on any atom is 0.125 e. The van der Waals surface area contributed by atoms with Crippen molar-refractivity contribution in [2.75, 3.05) is 6.61 Å². The Hall–Kier alpha value is -0.540. The zero-order chi connectivity index (χ0) is 8.55. The van der Waals surface area contributed by atoms with Crippen molar-refractivity contribution in [3.8, 4) is 5.75 Å². The number of halogens is 1. The van der Waals surface area contributed by atoms with E-state index in [4.69, 9.17) is 4.74 Å². The molecule has 0 unspecified atom stereocenters. The van der Waals surface area contributed by atoms with E-state index in [-0.39, 0.29) is 4.83 Å². The summed E-state index contributed by atoms with van der Waals surface area (Å²) in [6, 6.07) is 7.56. The number of aliphatic hydroxyl groups excluding tert-OH is 1. The first-order valence-electron chi connectivity index (χ1n) is 3.83. The topological polar surface area (TPSA) is 29.5 Å². The second-order valence-corrected chi connectivity index (χ2v) is 3.99. The molecule has 0 aromatic heterocycles. The average Bonchev–Trinajstić information content (AvgIpc) is 2.12. The SMILES string of the molecule is O[C@@H]1c2ccccc2OC[C@@H]1Br. The standard InChI is InChI=1S/C9H9BrO2/c10-7-5-12-8-4-2-1-3-6(8)9(7)11/h1-4,7,9,11H,5H2/t7-,9+/m0/s1. The molecule has 0 amide bonds. The molecule has 2 nitrogen and oxygen atoms in total. The van der Waals surface area contributed by atoms with E-state index in [1.807, 2.05) is 24.3 Å². The monoisotopic (exact) mass is 228 g/mol. The van der Waals surface area contributed by atoms with E-state index >= 15 is 0 Å². The van der Waals surface area contributed by atoms with Gasteiger partial charge in [-0.15, -0.1) is 0 Å². The van der Waals surface area contributed by atoms with Gasteiger partial charge in [-0.1, -0.05) is 34.1 Å². The molecule has 2 atom stereocenters. The lowest BCUT2D eigenvalue weighted by molar-refractivity contribution is 0.125. The van der Waals surface area contributed by atoms with Crippen molar-refractivity contribution in [2.45, 2.75) is 10.9 Å². The summed E-state index contributed by atoms with van der Waals surface area (Å²) in [5.41, 5.74) is 0.866. The molecule has 2 rings (SSSR count). The van der Waals surface area contributed by atoms with Gasteiger partial charge in [-0.25, -0.2) is 0 Å². The molecule has 1 heterocycles. The summed E-state index contributed by atoms with van der Waals surface area (Å²) < 4.78 is 5.40. The number of aliphatic hydroxyl groups is 1. The molecule has 0 radical (unpaired) electrons. The van der Waals surface area contributed by atoms with Gasteiger partial charge < -0.3 is 9.84 Å². The Labute approximate surface area is 79.3 Å². The molecule has 0 saturated heterocycles. The molecule has 1 N–H and O–H groups in total. The number of para-hydroxylation sites is 1. The fourth-order valence-corrected chi connectivity index (χ4v) is 1.73. The van der Waals surface area contributed by atoms with Crippen molar-refractivity contribution in [3.05, 3.63) is 29.8 Å². The molecular formula is C9H9BrO2. The lowest BCUT2D eigenvalue weighted by Gasteiger charge is -2.26. The van der Waals surface area contributed by atoms with Crippen LogP contribution in [0.2, 0.25) is 0 Å². The molecule has 0 fully saturated rings. The maximum absolute atomic E-state index is 9.70. The summed E-state index contributed by atoms with van der Waals surface area (Å²) in [4.78, 5) is 0.00685. The Kier molecular flexibility index (Phi) is 2.07. The van der Waals surface area contributed by atoms with Gasteiger partial charge in [0.1, 0.15) is 12.4 Å². The van der Waals surface area contributed by atoms with E-state index in [0.717, 1.165) is 11.3 Å². The van der Waals surface area contributed by atoms with Crippen LogP contribution in [0, 0.1) is 0 Å². The zero-order valence-electron chi connectivity index (χ0n) is 6.40. The van der Waals surface area contributed by atoms with Crippen LogP contribution in [0.25, 0.3) is 0 Å². The third kappa shape index (κ3) is 1.23. The van der Waals surface area contributed by atoms with Crippen LogP contribution >= 0.6 is 15.9 Å². The Morgan fingerprint density at radius 3 is 3.00 bits per heavy atom. The first-order chi connectivity index (χ1) is 5.79. The highest BCUT2D eigenvalue weighted by Gasteiger charge is 2.26. The van der Waals surface area contributed by atoms with E-state index in [1.54, 1.807) is 0 Å². The van der Waals surface area contributed by atoms with E-state index in [1.165, 1.54) is 0 Å². The van der Waals surface area contributed by atoms with Crippen LogP contribution in [0.1, 0.15) is 11.7 Å². The molecule has 64 valence electrons. The van der Waals surface area contributed by atoms with Crippen molar-refractivity contribution in [1.82, 2.24) is 0 Å².